The van der Waals surface area contributed by atoms with Crippen molar-refractivity contribution in [3.8, 4) is 0 Å². The zero-order valence-electron chi connectivity index (χ0n) is 21.3. The van der Waals surface area contributed by atoms with Gasteiger partial charge in [-0.1, -0.05) is 26.0 Å². The Labute approximate surface area is 216 Å². The van der Waals surface area contributed by atoms with Crippen molar-refractivity contribution in [3.63, 3.8) is 0 Å². The Kier molecular flexibility index (Phi) is 8.03. The second-order valence-electron chi connectivity index (χ2n) is 10.3. The van der Waals surface area contributed by atoms with Crippen LogP contribution < -0.4 is 15.5 Å². The number of nitrogens with one attached hydrogen (secondary N) is 2. The number of nitrogens with zero attached hydrogens (tertiary/aromatic N) is 2. The van der Waals surface area contributed by atoms with Gasteiger partial charge in [-0.05, 0) is 99.0 Å². The molecule has 8 heteroatoms. The van der Waals surface area contributed by atoms with Crippen LogP contribution in [0.25, 0.3) is 0 Å². The predicted molar refractivity (Wildman–Crippen MR) is 150 cm³/mol. The lowest BCUT2D eigenvalue weighted by Crippen LogP contribution is -2.38. The number of rotatable bonds is 5. The van der Waals surface area contributed by atoms with Gasteiger partial charge in [-0.2, -0.15) is 4.31 Å². The highest BCUT2D eigenvalue weighted by Gasteiger charge is 2.29. The van der Waals surface area contributed by atoms with Crippen molar-refractivity contribution in [2.24, 2.45) is 11.8 Å². The number of piperidine rings is 2. The maximum Gasteiger partial charge on any atom is 0.243 e. The van der Waals surface area contributed by atoms with Crippen molar-refractivity contribution in [1.82, 2.24) is 4.31 Å². The molecule has 2 aliphatic heterocycles. The summed E-state index contributed by atoms with van der Waals surface area (Å²) in [6, 6.07) is 11.5. The molecule has 0 bridgehead atoms. The van der Waals surface area contributed by atoms with Crippen molar-refractivity contribution in [2.75, 3.05) is 41.7 Å². The Bertz CT molecular complexity index is 1170. The monoisotopic (exact) mass is 514 g/mol. The summed E-state index contributed by atoms with van der Waals surface area (Å²) < 4.78 is 28.6. The summed E-state index contributed by atoms with van der Waals surface area (Å²) in [6.07, 6.45) is 4.05. The topological polar surface area (TPSA) is 64.7 Å². The molecule has 2 N–H and O–H groups in total. The largest absolute Gasteiger partial charge is 0.370 e. The molecule has 2 aromatic rings. The molecule has 2 fully saturated rings. The van der Waals surface area contributed by atoms with Crippen molar-refractivity contribution in [2.45, 2.75) is 58.3 Å². The molecular formula is C27H38N4O2S2. The van der Waals surface area contributed by atoms with Gasteiger partial charge in [0.05, 0.1) is 16.3 Å². The second-order valence-corrected chi connectivity index (χ2v) is 12.6. The van der Waals surface area contributed by atoms with Crippen LogP contribution in [0.15, 0.2) is 41.3 Å². The van der Waals surface area contributed by atoms with Crippen LogP contribution in [0, 0.1) is 25.7 Å². The van der Waals surface area contributed by atoms with Gasteiger partial charge >= 0.3 is 0 Å². The maximum absolute atomic E-state index is 13.5. The number of thiocarbonyl (C=S) groups is 1. The van der Waals surface area contributed by atoms with Crippen molar-refractivity contribution in [3.05, 3.63) is 47.5 Å². The molecule has 0 amide bonds. The Morgan fingerprint density at radius 1 is 0.886 bits per heavy atom. The van der Waals surface area contributed by atoms with E-state index in [4.69, 9.17) is 12.2 Å². The molecule has 6 nitrogen and oxygen atoms in total. The number of hydrogen-bond acceptors (Lipinski definition) is 4. The minimum Gasteiger partial charge on any atom is -0.370 e. The Hall–Kier alpha value is -2.16. The van der Waals surface area contributed by atoms with Gasteiger partial charge in [0.15, 0.2) is 5.11 Å². The number of aryl methyl sites for hydroxylation is 1. The van der Waals surface area contributed by atoms with Crippen molar-refractivity contribution < 1.29 is 8.42 Å². The van der Waals surface area contributed by atoms with Gasteiger partial charge in [-0.25, -0.2) is 8.42 Å². The standard InChI is InChI=1S/C27H38N4O2S2/c1-19-10-14-30(15-11-19)26-9-8-23(35(32,33)31-16-12-20(2)13-17-31)18-25(26)29-27(34)28-24-7-5-6-21(3)22(24)4/h5-9,18-20H,10-17H2,1-4H3,(H2,28,29,34). The zero-order valence-corrected chi connectivity index (χ0v) is 22.9. The second kappa shape index (κ2) is 10.8. The molecule has 2 aliphatic rings. The van der Waals surface area contributed by atoms with E-state index in [9.17, 15) is 8.42 Å². The number of hydrogen-bond donors (Lipinski definition) is 2. The fraction of sp³-hybridized carbons (Fsp3) is 0.519. The maximum atomic E-state index is 13.5. The van der Waals surface area contributed by atoms with Crippen LogP contribution in [-0.2, 0) is 10.0 Å². The molecule has 0 spiro atoms. The van der Waals surface area contributed by atoms with E-state index in [0.717, 1.165) is 61.4 Å². The Morgan fingerprint density at radius 2 is 1.49 bits per heavy atom. The summed E-state index contributed by atoms with van der Waals surface area (Å²) >= 11 is 5.67. The average molecular weight is 515 g/mol. The molecule has 2 aromatic carbocycles. The van der Waals surface area contributed by atoms with E-state index < -0.39 is 10.0 Å². The number of benzene rings is 2. The third-order valence-corrected chi connectivity index (χ3v) is 9.67. The van der Waals surface area contributed by atoms with Crippen LogP contribution in [0.4, 0.5) is 17.1 Å². The minimum atomic E-state index is -3.56. The van der Waals surface area contributed by atoms with Crippen molar-refractivity contribution in [1.29, 1.82) is 0 Å². The number of sulfonamides is 1. The lowest BCUT2D eigenvalue weighted by molar-refractivity contribution is 0.288. The molecule has 0 atom stereocenters. The molecule has 0 aliphatic carbocycles. The molecule has 0 aromatic heterocycles. The first-order chi connectivity index (χ1) is 16.6. The SMILES string of the molecule is Cc1cccc(NC(=S)Nc2cc(S(=O)(=O)N3CCC(C)CC3)ccc2N2CCC(C)CC2)c1C. The Balaban J connectivity index is 1.62. The fourth-order valence-electron chi connectivity index (χ4n) is 4.84. The van der Waals surface area contributed by atoms with E-state index >= 15 is 0 Å². The smallest absolute Gasteiger partial charge is 0.243 e. The molecule has 0 unspecified atom stereocenters. The van der Waals surface area contributed by atoms with Gasteiger partial charge < -0.3 is 15.5 Å². The molecule has 35 heavy (non-hydrogen) atoms. The highest BCUT2D eigenvalue weighted by atomic mass is 32.2. The predicted octanol–water partition coefficient (Wildman–Crippen LogP) is 5.77. The average Bonchev–Trinajstić information content (AvgIpc) is 2.83. The Morgan fingerprint density at radius 3 is 2.14 bits per heavy atom. The molecule has 0 radical (unpaired) electrons. The first kappa shape index (κ1) is 25.9. The van der Waals surface area contributed by atoms with E-state index in [0.29, 0.717) is 34.9 Å². The third kappa shape index (κ3) is 5.98. The van der Waals surface area contributed by atoms with Gasteiger partial charge in [0.2, 0.25) is 10.0 Å². The van der Waals surface area contributed by atoms with Crippen LogP contribution in [0.2, 0.25) is 0 Å². The van der Waals surface area contributed by atoms with E-state index in [1.165, 1.54) is 5.56 Å². The van der Waals surface area contributed by atoms with Gasteiger partial charge in [0.25, 0.3) is 0 Å². The van der Waals surface area contributed by atoms with Crippen LogP contribution in [0.3, 0.4) is 0 Å². The fourth-order valence-corrected chi connectivity index (χ4v) is 6.55. The minimum absolute atomic E-state index is 0.318. The third-order valence-electron chi connectivity index (χ3n) is 7.57. The van der Waals surface area contributed by atoms with Gasteiger partial charge in [0.1, 0.15) is 0 Å². The molecule has 0 saturated carbocycles. The quantitative estimate of drug-likeness (QED) is 0.494. The summed E-state index contributed by atoms with van der Waals surface area (Å²) in [6.45, 7) is 11.6. The van der Waals surface area contributed by atoms with Gasteiger partial charge in [0, 0.05) is 31.9 Å². The lowest BCUT2D eigenvalue weighted by atomic mass is 9.98. The molecular weight excluding hydrogens is 476 g/mol. The number of anilines is 3. The molecule has 4 rings (SSSR count). The van der Waals surface area contributed by atoms with Crippen LogP contribution in [0.1, 0.15) is 50.7 Å². The molecule has 2 saturated heterocycles. The molecule has 2 heterocycles. The summed E-state index contributed by atoms with van der Waals surface area (Å²) in [5.74, 6) is 1.27. The molecule has 190 valence electrons. The lowest BCUT2D eigenvalue weighted by Gasteiger charge is -2.34. The van der Waals surface area contributed by atoms with E-state index in [-0.39, 0.29) is 0 Å². The summed E-state index contributed by atoms with van der Waals surface area (Å²) in [4.78, 5) is 2.65. The highest BCUT2D eigenvalue weighted by Crippen LogP contribution is 2.34. The van der Waals surface area contributed by atoms with Crippen molar-refractivity contribution >= 4 is 44.4 Å². The first-order valence-corrected chi connectivity index (χ1v) is 14.5. The van der Waals surface area contributed by atoms with Gasteiger partial charge in [-0.3, -0.25) is 0 Å². The zero-order chi connectivity index (χ0) is 25.2. The summed E-state index contributed by atoms with van der Waals surface area (Å²) in [7, 11) is -3.56. The van der Waals surface area contributed by atoms with E-state index in [1.54, 1.807) is 16.4 Å². The van der Waals surface area contributed by atoms with Crippen LogP contribution in [-0.4, -0.2) is 44.0 Å². The summed E-state index contributed by atoms with van der Waals surface area (Å²) in [5, 5.41) is 7.09. The van der Waals surface area contributed by atoms with Crippen LogP contribution in [0.5, 0.6) is 0 Å². The highest BCUT2D eigenvalue weighted by molar-refractivity contribution is 7.89. The normalized spacial score (nSPS) is 18.5. The van der Waals surface area contributed by atoms with E-state index in [2.05, 4.69) is 49.3 Å². The summed E-state index contributed by atoms with van der Waals surface area (Å²) in [5.41, 5.74) is 4.99. The van der Waals surface area contributed by atoms with E-state index in [1.807, 2.05) is 18.2 Å². The first-order valence-electron chi connectivity index (χ1n) is 12.7. The van der Waals surface area contributed by atoms with Gasteiger partial charge in [-0.15, -0.1) is 0 Å². The van der Waals surface area contributed by atoms with Crippen LogP contribution >= 0.6 is 12.2 Å².